The average molecular weight is 333 g/mol. The van der Waals surface area contributed by atoms with Gasteiger partial charge >= 0.3 is 5.97 Å². The van der Waals surface area contributed by atoms with Crippen molar-refractivity contribution < 1.29 is 9.90 Å². The number of rotatable bonds is 5. The highest BCUT2D eigenvalue weighted by atomic mass is 16.4. The molecule has 1 aromatic heterocycles. The molecule has 0 unspecified atom stereocenters. The van der Waals surface area contributed by atoms with Crippen molar-refractivity contribution in [1.29, 1.82) is 0 Å². The second kappa shape index (κ2) is 7.18. The number of benzene rings is 2. The topological polar surface area (TPSA) is 59.3 Å². The number of aromatic carboxylic acids is 1. The highest BCUT2D eigenvalue weighted by Crippen LogP contribution is 2.22. The number of carbonyl (C=O) groups is 1. The molecule has 0 spiro atoms. The molecule has 3 aromatic rings. The van der Waals surface area contributed by atoms with E-state index >= 15 is 0 Å². The lowest BCUT2D eigenvalue weighted by Crippen LogP contribution is -2.19. The van der Waals surface area contributed by atoms with Gasteiger partial charge in [0.05, 0.1) is 12.1 Å². The van der Waals surface area contributed by atoms with Crippen LogP contribution in [0, 0.1) is 0 Å². The van der Waals surface area contributed by atoms with Gasteiger partial charge in [-0.1, -0.05) is 49.4 Å². The third kappa shape index (κ3) is 3.69. The SMILES string of the molecule is CCc1cc(-c2ccc(=O)n(Cc3ccccc3)c2)ccc1C(=O)O. The quantitative estimate of drug-likeness (QED) is 0.772. The maximum Gasteiger partial charge on any atom is 0.335 e. The van der Waals surface area contributed by atoms with Crippen molar-refractivity contribution in [2.45, 2.75) is 19.9 Å². The number of carboxylic acids is 1. The van der Waals surface area contributed by atoms with Crippen molar-refractivity contribution in [3.8, 4) is 11.1 Å². The molecule has 1 N–H and O–H groups in total. The van der Waals surface area contributed by atoms with E-state index in [1.807, 2.05) is 49.5 Å². The second-order valence-electron chi connectivity index (χ2n) is 5.90. The van der Waals surface area contributed by atoms with Crippen molar-refractivity contribution >= 4 is 5.97 Å². The molecule has 0 aliphatic carbocycles. The third-order valence-corrected chi connectivity index (χ3v) is 4.23. The zero-order valence-corrected chi connectivity index (χ0v) is 14.0. The molecule has 4 heteroatoms. The van der Waals surface area contributed by atoms with Gasteiger partial charge in [-0.05, 0) is 40.8 Å². The first-order valence-electron chi connectivity index (χ1n) is 8.19. The van der Waals surface area contributed by atoms with Crippen LogP contribution >= 0.6 is 0 Å². The number of hydrogen-bond acceptors (Lipinski definition) is 2. The lowest BCUT2D eigenvalue weighted by Gasteiger charge is -2.11. The molecule has 4 nitrogen and oxygen atoms in total. The molecule has 0 saturated heterocycles. The molecule has 0 aliphatic heterocycles. The van der Waals surface area contributed by atoms with E-state index in [0.717, 1.165) is 22.3 Å². The summed E-state index contributed by atoms with van der Waals surface area (Å²) in [6.45, 7) is 2.43. The van der Waals surface area contributed by atoms with Crippen molar-refractivity contribution in [3.63, 3.8) is 0 Å². The Hall–Kier alpha value is -3.14. The van der Waals surface area contributed by atoms with E-state index in [2.05, 4.69) is 0 Å². The van der Waals surface area contributed by atoms with Crippen molar-refractivity contribution in [2.75, 3.05) is 0 Å². The van der Waals surface area contributed by atoms with E-state index in [9.17, 15) is 14.7 Å². The van der Waals surface area contributed by atoms with E-state index in [1.165, 1.54) is 0 Å². The fourth-order valence-corrected chi connectivity index (χ4v) is 2.88. The summed E-state index contributed by atoms with van der Waals surface area (Å²) < 4.78 is 1.67. The molecule has 1 heterocycles. The van der Waals surface area contributed by atoms with Gasteiger partial charge in [-0.25, -0.2) is 4.79 Å². The minimum absolute atomic E-state index is 0.0644. The first kappa shape index (κ1) is 16.7. The Morgan fingerprint density at radius 1 is 1.00 bits per heavy atom. The Kier molecular flexibility index (Phi) is 4.80. The maximum atomic E-state index is 12.2. The number of pyridine rings is 1. The summed E-state index contributed by atoms with van der Waals surface area (Å²) >= 11 is 0. The molecule has 0 aliphatic rings. The van der Waals surface area contributed by atoms with Crippen LogP contribution in [0.1, 0.15) is 28.4 Å². The van der Waals surface area contributed by atoms with E-state index in [1.54, 1.807) is 28.8 Å². The molecule has 0 amide bonds. The van der Waals surface area contributed by atoms with Crippen LogP contribution in [0.15, 0.2) is 71.7 Å². The van der Waals surface area contributed by atoms with Crippen LogP contribution in [0.25, 0.3) is 11.1 Å². The van der Waals surface area contributed by atoms with Crippen LogP contribution in [0.2, 0.25) is 0 Å². The zero-order chi connectivity index (χ0) is 17.8. The summed E-state index contributed by atoms with van der Waals surface area (Å²) in [5.74, 6) is -0.919. The minimum Gasteiger partial charge on any atom is -0.478 e. The Bertz CT molecular complexity index is 958. The molecule has 0 bridgehead atoms. The summed E-state index contributed by atoms with van der Waals surface area (Å²) in [6.07, 6.45) is 2.46. The van der Waals surface area contributed by atoms with Crippen LogP contribution in [0.4, 0.5) is 0 Å². The van der Waals surface area contributed by atoms with Gasteiger partial charge in [0, 0.05) is 12.3 Å². The van der Waals surface area contributed by atoms with Crippen LogP contribution < -0.4 is 5.56 Å². The van der Waals surface area contributed by atoms with Gasteiger partial charge in [0.2, 0.25) is 0 Å². The monoisotopic (exact) mass is 333 g/mol. The molecule has 25 heavy (non-hydrogen) atoms. The molecular weight excluding hydrogens is 314 g/mol. The number of nitrogens with zero attached hydrogens (tertiary/aromatic N) is 1. The molecule has 126 valence electrons. The number of hydrogen-bond donors (Lipinski definition) is 1. The lowest BCUT2D eigenvalue weighted by molar-refractivity contribution is 0.0696. The first-order valence-corrected chi connectivity index (χ1v) is 8.19. The Morgan fingerprint density at radius 2 is 1.72 bits per heavy atom. The highest BCUT2D eigenvalue weighted by molar-refractivity contribution is 5.90. The van der Waals surface area contributed by atoms with E-state index in [0.29, 0.717) is 18.5 Å². The predicted octanol–water partition coefficient (Wildman–Crippen LogP) is 3.82. The van der Waals surface area contributed by atoms with Crippen LogP contribution in [-0.4, -0.2) is 15.6 Å². The fraction of sp³-hybridized carbons (Fsp3) is 0.143. The van der Waals surface area contributed by atoms with Crippen molar-refractivity contribution in [1.82, 2.24) is 4.57 Å². The van der Waals surface area contributed by atoms with E-state index in [-0.39, 0.29) is 5.56 Å². The lowest BCUT2D eigenvalue weighted by atomic mass is 9.98. The van der Waals surface area contributed by atoms with E-state index in [4.69, 9.17) is 0 Å². The number of aromatic nitrogens is 1. The van der Waals surface area contributed by atoms with Crippen molar-refractivity contribution in [3.05, 3.63) is 93.9 Å². The summed E-state index contributed by atoms with van der Waals surface area (Å²) in [5, 5.41) is 9.26. The zero-order valence-electron chi connectivity index (χ0n) is 14.0. The largest absolute Gasteiger partial charge is 0.478 e. The van der Waals surface area contributed by atoms with Crippen LogP contribution in [0.3, 0.4) is 0 Å². The third-order valence-electron chi connectivity index (χ3n) is 4.23. The van der Waals surface area contributed by atoms with Gasteiger partial charge in [0.25, 0.3) is 5.56 Å². The average Bonchev–Trinajstić information content (AvgIpc) is 2.63. The first-order chi connectivity index (χ1) is 12.1. The van der Waals surface area contributed by atoms with E-state index < -0.39 is 5.97 Å². The number of carboxylic acid groups (broad SMARTS) is 1. The van der Waals surface area contributed by atoms with Crippen LogP contribution in [0.5, 0.6) is 0 Å². The summed E-state index contributed by atoms with van der Waals surface area (Å²) in [6, 6.07) is 18.4. The second-order valence-corrected chi connectivity index (χ2v) is 5.90. The molecule has 2 aromatic carbocycles. The molecular formula is C21H19NO3. The van der Waals surface area contributed by atoms with Gasteiger partial charge in [-0.3, -0.25) is 4.79 Å². The maximum absolute atomic E-state index is 12.2. The predicted molar refractivity (Wildman–Crippen MR) is 98.0 cm³/mol. The standard InChI is InChI=1S/C21H19NO3/c1-2-16-12-17(8-10-19(16)21(24)25)18-9-11-20(23)22(14-18)13-15-6-4-3-5-7-15/h3-12,14H,2,13H2,1H3,(H,24,25). The van der Waals surface area contributed by atoms with Gasteiger partial charge < -0.3 is 9.67 Å². The van der Waals surface area contributed by atoms with Gasteiger partial charge in [-0.15, -0.1) is 0 Å². The highest BCUT2D eigenvalue weighted by Gasteiger charge is 2.10. The summed E-state index contributed by atoms with van der Waals surface area (Å²) in [5.41, 5.74) is 3.89. The fourth-order valence-electron chi connectivity index (χ4n) is 2.88. The number of aryl methyl sites for hydroxylation is 1. The summed E-state index contributed by atoms with van der Waals surface area (Å²) in [7, 11) is 0. The smallest absolute Gasteiger partial charge is 0.335 e. The molecule has 0 atom stereocenters. The Balaban J connectivity index is 2.00. The molecule has 0 fully saturated rings. The summed E-state index contributed by atoms with van der Waals surface area (Å²) in [4.78, 5) is 23.4. The normalized spacial score (nSPS) is 10.6. The Labute approximate surface area is 146 Å². The van der Waals surface area contributed by atoms with Gasteiger partial charge in [0.1, 0.15) is 0 Å². The van der Waals surface area contributed by atoms with Gasteiger partial charge in [0.15, 0.2) is 0 Å². The molecule has 0 saturated carbocycles. The van der Waals surface area contributed by atoms with Gasteiger partial charge in [-0.2, -0.15) is 0 Å². The minimum atomic E-state index is -0.919. The Morgan fingerprint density at radius 3 is 2.40 bits per heavy atom. The molecule has 0 radical (unpaired) electrons. The van der Waals surface area contributed by atoms with Crippen molar-refractivity contribution in [2.24, 2.45) is 0 Å². The molecule has 3 rings (SSSR count). The van der Waals surface area contributed by atoms with Crippen LogP contribution in [-0.2, 0) is 13.0 Å².